The van der Waals surface area contributed by atoms with Crippen molar-refractivity contribution in [3.63, 3.8) is 0 Å². The van der Waals surface area contributed by atoms with Crippen molar-refractivity contribution in [3.8, 4) is 11.5 Å². The fourth-order valence-corrected chi connectivity index (χ4v) is 4.52. The van der Waals surface area contributed by atoms with E-state index in [4.69, 9.17) is 25.6 Å². The third-order valence-corrected chi connectivity index (χ3v) is 6.47. The van der Waals surface area contributed by atoms with E-state index in [1.165, 1.54) is 0 Å². The molecule has 3 aromatic heterocycles. The number of fused-ring (bicyclic) bond motifs is 3. The molecule has 4 heterocycles. The summed E-state index contributed by atoms with van der Waals surface area (Å²) < 4.78 is 20.2. The summed E-state index contributed by atoms with van der Waals surface area (Å²) in [4.78, 5) is 22.6. The van der Waals surface area contributed by atoms with E-state index in [2.05, 4.69) is 15.1 Å². The van der Waals surface area contributed by atoms with Crippen LogP contribution < -0.4 is 5.56 Å². The first-order valence-electron chi connectivity index (χ1n) is 10.3. The lowest BCUT2D eigenvalue weighted by atomic mass is 10.2. The first kappa shape index (κ1) is 19.0. The molecule has 1 aliphatic carbocycles. The summed E-state index contributed by atoms with van der Waals surface area (Å²) in [5.74, 6) is 0.688. The third kappa shape index (κ3) is 2.91. The molecule has 1 saturated carbocycles. The van der Waals surface area contributed by atoms with Gasteiger partial charge in [-0.15, -0.1) is 0 Å². The van der Waals surface area contributed by atoms with Crippen LogP contribution in [0.3, 0.4) is 0 Å². The summed E-state index contributed by atoms with van der Waals surface area (Å²) >= 11 is 6.26. The van der Waals surface area contributed by atoms with Crippen LogP contribution in [0.1, 0.15) is 31.6 Å². The third-order valence-electron chi connectivity index (χ3n) is 6.24. The molecule has 2 aliphatic rings. The normalized spacial score (nSPS) is 20.1. The molecule has 1 atom stereocenters. The smallest absolute Gasteiger partial charge is 0.277 e. The minimum absolute atomic E-state index is 0.0121. The summed E-state index contributed by atoms with van der Waals surface area (Å²) in [5, 5.41) is 4.66. The summed E-state index contributed by atoms with van der Waals surface area (Å²) in [6, 6.07) is 5.48. The van der Waals surface area contributed by atoms with Gasteiger partial charge in [0, 0.05) is 18.7 Å². The number of rotatable bonds is 5. The molecular formula is C21H20ClN5O4. The summed E-state index contributed by atoms with van der Waals surface area (Å²) in [6.45, 7) is 1.16. The van der Waals surface area contributed by atoms with Gasteiger partial charge in [-0.25, -0.2) is 4.98 Å². The topological polar surface area (TPSA) is 96.7 Å². The predicted octanol–water partition coefficient (Wildman–Crippen LogP) is 3.17. The Kier molecular flexibility index (Phi) is 4.21. The van der Waals surface area contributed by atoms with Gasteiger partial charge < -0.3 is 18.6 Å². The number of ether oxygens (including phenoxy) is 2. The number of benzene rings is 1. The average Bonchev–Trinajstić information content (AvgIpc) is 3.18. The van der Waals surface area contributed by atoms with Gasteiger partial charge in [0.1, 0.15) is 23.1 Å². The molecule has 0 spiro atoms. The molecule has 1 aromatic carbocycles. The van der Waals surface area contributed by atoms with E-state index in [0.717, 1.165) is 36.7 Å². The molecule has 9 nitrogen and oxygen atoms in total. The number of hydrogen-bond acceptors (Lipinski definition) is 7. The van der Waals surface area contributed by atoms with Crippen molar-refractivity contribution in [3.05, 3.63) is 45.8 Å². The van der Waals surface area contributed by atoms with E-state index in [-0.39, 0.29) is 17.5 Å². The molecule has 160 valence electrons. The van der Waals surface area contributed by atoms with Gasteiger partial charge in [0.25, 0.3) is 11.4 Å². The van der Waals surface area contributed by atoms with E-state index >= 15 is 0 Å². The molecule has 1 aliphatic heterocycles. The molecule has 2 fully saturated rings. The highest BCUT2D eigenvalue weighted by Crippen LogP contribution is 2.48. The van der Waals surface area contributed by atoms with Crippen molar-refractivity contribution in [1.29, 1.82) is 0 Å². The fourth-order valence-electron chi connectivity index (χ4n) is 4.35. The second-order valence-electron chi connectivity index (χ2n) is 8.12. The Labute approximate surface area is 181 Å². The van der Waals surface area contributed by atoms with Crippen LogP contribution in [0, 0.1) is 0 Å². The molecule has 0 radical (unpaired) electrons. The van der Waals surface area contributed by atoms with E-state index in [1.54, 1.807) is 34.5 Å². The van der Waals surface area contributed by atoms with Crippen molar-refractivity contribution in [2.75, 3.05) is 13.7 Å². The molecule has 0 N–H and O–H groups in total. The zero-order valence-electron chi connectivity index (χ0n) is 16.9. The average molecular weight is 442 g/mol. The quantitative estimate of drug-likeness (QED) is 0.469. The van der Waals surface area contributed by atoms with Crippen LogP contribution in [0.2, 0.25) is 5.02 Å². The lowest BCUT2D eigenvalue weighted by Gasteiger charge is -2.16. The molecule has 4 aromatic rings. The Morgan fingerprint density at radius 2 is 2.19 bits per heavy atom. The van der Waals surface area contributed by atoms with Gasteiger partial charge in [-0.2, -0.15) is 4.98 Å². The van der Waals surface area contributed by atoms with E-state index in [1.807, 2.05) is 6.07 Å². The van der Waals surface area contributed by atoms with Gasteiger partial charge in [-0.3, -0.25) is 9.20 Å². The van der Waals surface area contributed by atoms with Crippen LogP contribution in [0.25, 0.3) is 28.1 Å². The van der Waals surface area contributed by atoms with Gasteiger partial charge in [-0.05, 0) is 43.9 Å². The monoisotopic (exact) mass is 441 g/mol. The Bertz CT molecular complexity index is 1360. The second-order valence-corrected chi connectivity index (χ2v) is 8.55. The molecule has 0 amide bonds. The maximum Gasteiger partial charge on any atom is 0.277 e. The molecule has 1 saturated heterocycles. The number of nitrogens with zero attached hydrogens (tertiary/aromatic N) is 5. The summed E-state index contributed by atoms with van der Waals surface area (Å²) in [5.41, 5.74) is 1.61. The molecule has 6 rings (SSSR count). The van der Waals surface area contributed by atoms with Gasteiger partial charge in [0.15, 0.2) is 0 Å². The van der Waals surface area contributed by atoms with Gasteiger partial charge in [0.05, 0.1) is 23.7 Å². The first-order chi connectivity index (χ1) is 15.1. The Balaban J connectivity index is 1.56. The number of halogens is 1. The van der Waals surface area contributed by atoms with E-state index in [9.17, 15) is 4.79 Å². The molecule has 1 unspecified atom stereocenters. The zero-order valence-corrected chi connectivity index (χ0v) is 17.6. The van der Waals surface area contributed by atoms with Crippen LogP contribution in [0.4, 0.5) is 0 Å². The van der Waals surface area contributed by atoms with Crippen LogP contribution in [-0.4, -0.2) is 43.9 Å². The Morgan fingerprint density at radius 3 is 2.94 bits per heavy atom. The van der Waals surface area contributed by atoms with Gasteiger partial charge in [0.2, 0.25) is 5.82 Å². The number of aromatic nitrogens is 5. The SMILES string of the molecule is COC1(c2nc(-c3ncn4c3c(=O)n(CC3CCCO3)c3cc(Cl)ccc34)no2)CC1. The largest absolute Gasteiger partial charge is 0.376 e. The van der Waals surface area contributed by atoms with E-state index in [0.29, 0.717) is 35.3 Å². The van der Waals surface area contributed by atoms with Gasteiger partial charge >= 0.3 is 0 Å². The minimum atomic E-state index is -0.510. The maximum absolute atomic E-state index is 13.7. The van der Waals surface area contributed by atoms with Crippen molar-refractivity contribution in [1.82, 2.24) is 24.1 Å². The lowest BCUT2D eigenvalue weighted by Crippen LogP contribution is -2.28. The Hall–Kier alpha value is -2.75. The van der Waals surface area contributed by atoms with Crippen LogP contribution in [0.15, 0.2) is 33.8 Å². The highest BCUT2D eigenvalue weighted by atomic mass is 35.5. The minimum Gasteiger partial charge on any atom is -0.376 e. The second kappa shape index (κ2) is 6.88. The lowest BCUT2D eigenvalue weighted by molar-refractivity contribution is 0.0492. The first-order valence-corrected chi connectivity index (χ1v) is 10.7. The van der Waals surface area contributed by atoms with Crippen molar-refractivity contribution >= 4 is 28.2 Å². The van der Waals surface area contributed by atoms with Crippen LogP contribution in [-0.2, 0) is 21.6 Å². The standard InChI is InChI=1S/C21H20ClN5O4/c1-29-21(6-7-21)20-24-18(25-31-20)16-17-19(28)26(10-13-3-2-8-30-13)15-9-12(22)4-5-14(15)27(17)11-23-16/h4-5,9,11,13H,2-3,6-8,10H2,1H3. The number of hydrogen-bond donors (Lipinski definition) is 0. The van der Waals surface area contributed by atoms with Crippen molar-refractivity contribution in [2.24, 2.45) is 0 Å². The van der Waals surface area contributed by atoms with Crippen molar-refractivity contribution in [2.45, 2.75) is 43.9 Å². The fraction of sp³-hybridized carbons (Fsp3) is 0.429. The predicted molar refractivity (Wildman–Crippen MR) is 112 cm³/mol. The maximum atomic E-state index is 13.7. The van der Waals surface area contributed by atoms with E-state index < -0.39 is 5.60 Å². The number of methoxy groups -OCH3 is 1. The highest BCUT2D eigenvalue weighted by Gasteiger charge is 2.50. The molecule has 0 bridgehead atoms. The van der Waals surface area contributed by atoms with Gasteiger partial charge in [-0.1, -0.05) is 16.8 Å². The summed E-state index contributed by atoms with van der Waals surface area (Å²) in [6.07, 6.45) is 5.16. The zero-order chi connectivity index (χ0) is 21.2. The molecule has 10 heteroatoms. The number of imidazole rings is 1. The van der Waals surface area contributed by atoms with Crippen LogP contribution in [0.5, 0.6) is 0 Å². The van der Waals surface area contributed by atoms with Crippen molar-refractivity contribution < 1.29 is 14.0 Å². The molecule has 31 heavy (non-hydrogen) atoms. The Morgan fingerprint density at radius 1 is 1.32 bits per heavy atom. The highest BCUT2D eigenvalue weighted by molar-refractivity contribution is 6.31. The van der Waals surface area contributed by atoms with Crippen LogP contribution >= 0.6 is 11.6 Å². The summed E-state index contributed by atoms with van der Waals surface area (Å²) in [7, 11) is 1.63. The molecular weight excluding hydrogens is 422 g/mol.